The van der Waals surface area contributed by atoms with Crippen molar-refractivity contribution in [2.45, 2.75) is 38.7 Å². The number of piperidine rings is 1. The normalized spacial score (nSPS) is 17.1. The largest absolute Gasteiger partial charge is 0.385 e. The molecule has 0 aromatic heterocycles. The molecule has 9 heteroatoms. The van der Waals surface area contributed by atoms with Crippen LogP contribution in [0.25, 0.3) is 0 Å². The average Bonchev–Trinajstić information content (AvgIpc) is 2.61. The van der Waals surface area contributed by atoms with Crippen molar-refractivity contribution in [2.75, 3.05) is 66.4 Å². The zero-order chi connectivity index (χ0) is 19.4. The van der Waals surface area contributed by atoms with Crippen LogP contribution in [0, 0.1) is 0 Å². The highest BCUT2D eigenvalue weighted by molar-refractivity contribution is 7.88. The van der Waals surface area contributed by atoms with Crippen LogP contribution in [0.5, 0.6) is 0 Å². The van der Waals surface area contributed by atoms with Crippen molar-refractivity contribution in [3.63, 3.8) is 0 Å². The Balaban J connectivity index is 2.27. The van der Waals surface area contributed by atoms with E-state index in [1.54, 1.807) is 14.2 Å². The number of methoxy groups -OCH3 is 1. The number of aliphatic imine (C=N–C) groups is 1. The molecule has 154 valence electrons. The SMILES string of the molecule is CCN(CCCNC(=NC)N1CCC(OCCCOC)CC1)S(C)(=O)=O. The molecule has 0 saturated carbocycles. The lowest BCUT2D eigenvalue weighted by Gasteiger charge is -2.34. The Morgan fingerprint density at radius 3 is 2.50 bits per heavy atom. The fourth-order valence-electron chi connectivity index (χ4n) is 3.03. The number of ether oxygens (including phenoxy) is 2. The zero-order valence-electron chi connectivity index (χ0n) is 16.7. The van der Waals surface area contributed by atoms with E-state index in [9.17, 15) is 8.42 Å². The Kier molecular flexibility index (Phi) is 11.1. The third-order valence-corrected chi connectivity index (χ3v) is 5.87. The molecule has 1 aliphatic rings. The molecule has 1 aliphatic heterocycles. The van der Waals surface area contributed by atoms with Crippen LogP contribution >= 0.6 is 0 Å². The second-order valence-electron chi connectivity index (χ2n) is 6.49. The molecule has 0 radical (unpaired) electrons. The van der Waals surface area contributed by atoms with Crippen LogP contribution in [-0.4, -0.2) is 96.0 Å². The van der Waals surface area contributed by atoms with Crippen molar-refractivity contribution in [3.05, 3.63) is 0 Å². The first-order valence-electron chi connectivity index (χ1n) is 9.43. The van der Waals surface area contributed by atoms with Gasteiger partial charge in [0.2, 0.25) is 10.0 Å². The second-order valence-corrected chi connectivity index (χ2v) is 8.47. The fraction of sp³-hybridized carbons (Fsp3) is 0.941. The lowest BCUT2D eigenvalue weighted by atomic mass is 10.1. The molecule has 1 saturated heterocycles. The molecule has 26 heavy (non-hydrogen) atoms. The minimum atomic E-state index is -3.12. The number of hydrogen-bond acceptors (Lipinski definition) is 5. The summed E-state index contributed by atoms with van der Waals surface area (Å²) in [5.74, 6) is 0.880. The first-order valence-corrected chi connectivity index (χ1v) is 11.3. The molecule has 0 amide bonds. The summed E-state index contributed by atoms with van der Waals surface area (Å²) in [6.07, 6.45) is 5.23. The van der Waals surface area contributed by atoms with Gasteiger partial charge in [0.1, 0.15) is 0 Å². The first-order chi connectivity index (χ1) is 12.4. The molecular weight excluding hydrogens is 356 g/mol. The van der Waals surface area contributed by atoms with Crippen LogP contribution in [0.3, 0.4) is 0 Å². The fourth-order valence-corrected chi connectivity index (χ4v) is 3.96. The Labute approximate surface area is 159 Å². The Morgan fingerprint density at radius 1 is 1.27 bits per heavy atom. The third kappa shape index (κ3) is 8.66. The van der Waals surface area contributed by atoms with E-state index in [4.69, 9.17) is 9.47 Å². The topological polar surface area (TPSA) is 83.5 Å². The van der Waals surface area contributed by atoms with Gasteiger partial charge >= 0.3 is 0 Å². The van der Waals surface area contributed by atoms with Gasteiger partial charge in [0.25, 0.3) is 0 Å². The van der Waals surface area contributed by atoms with Gasteiger partial charge in [0.05, 0.1) is 12.4 Å². The Bertz CT molecular complexity index is 505. The van der Waals surface area contributed by atoms with E-state index in [2.05, 4.69) is 15.2 Å². The summed E-state index contributed by atoms with van der Waals surface area (Å²) in [6, 6.07) is 0. The first kappa shape index (κ1) is 23.1. The summed E-state index contributed by atoms with van der Waals surface area (Å²) in [5, 5.41) is 3.34. The highest BCUT2D eigenvalue weighted by Gasteiger charge is 2.21. The molecule has 1 heterocycles. The van der Waals surface area contributed by atoms with E-state index in [0.29, 0.717) is 25.7 Å². The molecule has 0 aromatic rings. The monoisotopic (exact) mass is 392 g/mol. The quantitative estimate of drug-likeness (QED) is 0.317. The van der Waals surface area contributed by atoms with Gasteiger partial charge in [-0.2, -0.15) is 0 Å². The summed E-state index contributed by atoms with van der Waals surface area (Å²) < 4.78 is 35.6. The van der Waals surface area contributed by atoms with Crippen LogP contribution in [0.1, 0.15) is 32.6 Å². The van der Waals surface area contributed by atoms with Gasteiger partial charge in [-0.3, -0.25) is 4.99 Å². The minimum absolute atomic E-state index is 0.314. The number of likely N-dealkylation sites (tertiary alicyclic amines) is 1. The Hall–Kier alpha value is -0.900. The second kappa shape index (κ2) is 12.5. The van der Waals surface area contributed by atoms with Gasteiger partial charge in [0.15, 0.2) is 5.96 Å². The minimum Gasteiger partial charge on any atom is -0.385 e. The van der Waals surface area contributed by atoms with Gasteiger partial charge in [0, 0.05) is 60.1 Å². The van der Waals surface area contributed by atoms with E-state index < -0.39 is 10.0 Å². The highest BCUT2D eigenvalue weighted by Crippen LogP contribution is 2.14. The van der Waals surface area contributed by atoms with Crippen LogP contribution in [-0.2, 0) is 19.5 Å². The molecule has 1 rings (SSSR count). The van der Waals surface area contributed by atoms with Crippen LogP contribution in [0.4, 0.5) is 0 Å². The highest BCUT2D eigenvalue weighted by atomic mass is 32.2. The number of nitrogens with zero attached hydrogens (tertiary/aromatic N) is 3. The van der Waals surface area contributed by atoms with Gasteiger partial charge in [-0.15, -0.1) is 0 Å². The molecular formula is C17H36N4O4S. The Morgan fingerprint density at radius 2 is 1.96 bits per heavy atom. The zero-order valence-corrected chi connectivity index (χ0v) is 17.6. The summed E-state index contributed by atoms with van der Waals surface area (Å²) in [5.41, 5.74) is 0. The van der Waals surface area contributed by atoms with Crippen molar-refractivity contribution in [1.82, 2.24) is 14.5 Å². The summed E-state index contributed by atoms with van der Waals surface area (Å²) in [4.78, 5) is 6.59. The molecule has 0 aliphatic carbocycles. The van der Waals surface area contributed by atoms with Crippen molar-refractivity contribution in [2.24, 2.45) is 4.99 Å². The smallest absolute Gasteiger partial charge is 0.211 e. The molecule has 0 unspecified atom stereocenters. The van der Waals surface area contributed by atoms with Gasteiger partial charge in [-0.1, -0.05) is 6.92 Å². The van der Waals surface area contributed by atoms with Gasteiger partial charge < -0.3 is 19.7 Å². The average molecular weight is 393 g/mol. The van der Waals surface area contributed by atoms with Crippen molar-refractivity contribution in [3.8, 4) is 0 Å². The van der Waals surface area contributed by atoms with Crippen molar-refractivity contribution < 1.29 is 17.9 Å². The number of hydrogen-bond donors (Lipinski definition) is 1. The number of rotatable bonds is 11. The summed E-state index contributed by atoms with van der Waals surface area (Å²) in [6.45, 7) is 6.91. The number of sulfonamides is 1. The standard InChI is InChI=1S/C17H36N4O4S/c1-5-21(26(4,22)23)11-6-10-19-17(18-2)20-12-8-16(9-13-20)25-15-7-14-24-3/h16H,5-15H2,1-4H3,(H,18,19). The lowest BCUT2D eigenvalue weighted by Crippen LogP contribution is -2.47. The molecule has 0 aromatic carbocycles. The van der Waals surface area contributed by atoms with Gasteiger partial charge in [-0.05, 0) is 25.7 Å². The van der Waals surface area contributed by atoms with E-state index in [-0.39, 0.29) is 0 Å². The van der Waals surface area contributed by atoms with Gasteiger partial charge in [-0.25, -0.2) is 12.7 Å². The number of nitrogens with one attached hydrogen (secondary N) is 1. The predicted octanol–water partition coefficient (Wildman–Crippen LogP) is 0.751. The van der Waals surface area contributed by atoms with E-state index >= 15 is 0 Å². The summed E-state index contributed by atoms with van der Waals surface area (Å²) in [7, 11) is 0.372. The maximum atomic E-state index is 11.6. The van der Waals surface area contributed by atoms with Crippen molar-refractivity contribution >= 4 is 16.0 Å². The molecule has 1 N–H and O–H groups in total. The van der Waals surface area contributed by atoms with Crippen LogP contribution in [0.15, 0.2) is 4.99 Å². The van der Waals surface area contributed by atoms with Crippen LogP contribution in [0.2, 0.25) is 0 Å². The van der Waals surface area contributed by atoms with E-state index in [0.717, 1.165) is 57.9 Å². The maximum Gasteiger partial charge on any atom is 0.211 e. The van der Waals surface area contributed by atoms with Crippen LogP contribution < -0.4 is 5.32 Å². The van der Waals surface area contributed by atoms with Crippen molar-refractivity contribution in [1.29, 1.82) is 0 Å². The lowest BCUT2D eigenvalue weighted by molar-refractivity contribution is 0.00991. The molecule has 8 nitrogen and oxygen atoms in total. The molecule has 0 spiro atoms. The summed E-state index contributed by atoms with van der Waals surface area (Å²) >= 11 is 0. The van der Waals surface area contributed by atoms with E-state index in [1.165, 1.54) is 10.6 Å². The molecule has 1 fully saturated rings. The number of guanidine groups is 1. The molecule has 0 bridgehead atoms. The third-order valence-electron chi connectivity index (χ3n) is 4.49. The maximum absolute atomic E-state index is 11.6. The van der Waals surface area contributed by atoms with E-state index in [1.807, 2.05) is 6.92 Å². The molecule has 0 atom stereocenters. The predicted molar refractivity (Wildman–Crippen MR) is 105 cm³/mol.